The van der Waals surface area contributed by atoms with E-state index in [9.17, 15) is 0 Å². The highest BCUT2D eigenvalue weighted by Gasteiger charge is 2.31. The normalized spacial score (nSPS) is 20.4. The lowest BCUT2D eigenvalue weighted by atomic mass is 9.95. The first-order chi connectivity index (χ1) is 11.8. The fraction of sp³-hybridized carbons (Fsp3) is 0.263. The maximum absolute atomic E-state index is 6.39. The number of hydrogen-bond donors (Lipinski definition) is 1. The molecule has 0 spiro atoms. The van der Waals surface area contributed by atoms with Gasteiger partial charge in [0, 0.05) is 48.9 Å². The van der Waals surface area contributed by atoms with Crippen molar-refractivity contribution >= 4 is 23.7 Å². The molecule has 0 aliphatic carbocycles. The Kier molecular flexibility index (Phi) is 5.81. The smallest absolute Gasteiger partial charge is 0.142 e. The lowest BCUT2D eigenvalue weighted by Gasteiger charge is -2.15. The molecule has 1 aliphatic heterocycles. The fourth-order valence-electron chi connectivity index (χ4n) is 3.30. The summed E-state index contributed by atoms with van der Waals surface area (Å²) in [6.45, 7) is 2.83. The van der Waals surface area contributed by atoms with Gasteiger partial charge in [0.1, 0.15) is 5.01 Å². The largest absolute Gasteiger partial charge is 0.326 e. The van der Waals surface area contributed by atoms with Crippen LogP contribution in [-0.4, -0.2) is 34.0 Å². The van der Waals surface area contributed by atoms with Crippen molar-refractivity contribution in [2.24, 2.45) is 5.73 Å². The van der Waals surface area contributed by atoms with E-state index >= 15 is 0 Å². The van der Waals surface area contributed by atoms with Gasteiger partial charge in [-0.15, -0.1) is 23.7 Å². The van der Waals surface area contributed by atoms with Gasteiger partial charge in [-0.3, -0.25) is 9.88 Å². The van der Waals surface area contributed by atoms with Crippen molar-refractivity contribution in [2.75, 3.05) is 13.1 Å². The second kappa shape index (κ2) is 8.06. The first kappa shape index (κ1) is 18.0. The summed E-state index contributed by atoms with van der Waals surface area (Å²) in [6, 6.07) is 16.7. The van der Waals surface area contributed by atoms with Gasteiger partial charge in [0.25, 0.3) is 0 Å². The highest BCUT2D eigenvalue weighted by Crippen LogP contribution is 2.29. The van der Waals surface area contributed by atoms with Crippen LogP contribution >= 0.6 is 23.7 Å². The van der Waals surface area contributed by atoms with Gasteiger partial charge in [-0.05, 0) is 17.7 Å². The van der Waals surface area contributed by atoms with Crippen LogP contribution in [0, 0.1) is 0 Å². The van der Waals surface area contributed by atoms with Crippen LogP contribution < -0.4 is 5.73 Å². The number of benzene rings is 1. The number of nitrogens with zero attached hydrogens (tertiary/aromatic N) is 3. The van der Waals surface area contributed by atoms with Gasteiger partial charge in [-0.1, -0.05) is 36.4 Å². The van der Waals surface area contributed by atoms with Gasteiger partial charge in [0.05, 0.1) is 5.69 Å². The Morgan fingerprint density at radius 1 is 1.04 bits per heavy atom. The second-order valence-corrected chi connectivity index (χ2v) is 7.34. The van der Waals surface area contributed by atoms with Crippen molar-refractivity contribution in [3.05, 3.63) is 71.4 Å². The van der Waals surface area contributed by atoms with Crippen molar-refractivity contribution in [1.29, 1.82) is 0 Å². The first-order valence-corrected chi connectivity index (χ1v) is 9.00. The Morgan fingerprint density at radius 2 is 1.84 bits per heavy atom. The molecule has 2 atom stereocenters. The van der Waals surface area contributed by atoms with Crippen LogP contribution in [0.4, 0.5) is 0 Å². The SMILES string of the molecule is Cl.N[C@@H]1CN(Cc2cnc(-c3ccccn3)s2)C[C@H]1c1ccccc1. The van der Waals surface area contributed by atoms with E-state index in [1.165, 1.54) is 10.4 Å². The van der Waals surface area contributed by atoms with E-state index in [-0.39, 0.29) is 18.4 Å². The number of rotatable bonds is 4. The van der Waals surface area contributed by atoms with Gasteiger partial charge < -0.3 is 5.73 Å². The van der Waals surface area contributed by atoms with Gasteiger partial charge in [-0.25, -0.2) is 4.98 Å². The third-order valence-electron chi connectivity index (χ3n) is 4.49. The number of hydrogen-bond acceptors (Lipinski definition) is 5. The number of halogens is 1. The van der Waals surface area contributed by atoms with E-state index in [0.29, 0.717) is 5.92 Å². The molecule has 1 aromatic carbocycles. The number of nitrogens with two attached hydrogens (primary N) is 1. The molecule has 3 aromatic rings. The van der Waals surface area contributed by atoms with Gasteiger partial charge >= 0.3 is 0 Å². The summed E-state index contributed by atoms with van der Waals surface area (Å²) in [5, 5.41) is 0.980. The molecule has 2 aromatic heterocycles. The average Bonchev–Trinajstić information content (AvgIpc) is 3.23. The molecule has 0 amide bonds. The molecule has 1 saturated heterocycles. The molecule has 0 saturated carbocycles. The van der Waals surface area contributed by atoms with E-state index in [2.05, 4.69) is 45.2 Å². The molecule has 0 bridgehead atoms. The minimum atomic E-state index is 0. The van der Waals surface area contributed by atoms with Crippen molar-refractivity contribution in [3.63, 3.8) is 0 Å². The van der Waals surface area contributed by atoms with Crippen molar-refractivity contribution in [2.45, 2.75) is 18.5 Å². The standard InChI is InChI=1S/C19H20N4S.ClH/c20-17-13-23(12-16(17)14-6-2-1-3-7-14)11-15-10-22-19(24-15)18-8-4-5-9-21-18;/h1-10,16-17H,11-13,20H2;1H/t16-,17+;/m0./s1. The lowest BCUT2D eigenvalue weighted by molar-refractivity contribution is 0.326. The van der Waals surface area contributed by atoms with Crippen LogP contribution in [0.5, 0.6) is 0 Å². The summed E-state index contributed by atoms with van der Waals surface area (Å²) in [5.41, 5.74) is 8.67. The summed E-state index contributed by atoms with van der Waals surface area (Å²) < 4.78 is 0. The van der Waals surface area contributed by atoms with Crippen LogP contribution in [-0.2, 0) is 6.54 Å². The average molecular weight is 373 g/mol. The van der Waals surface area contributed by atoms with Gasteiger partial charge in [-0.2, -0.15) is 0 Å². The van der Waals surface area contributed by atoms with Crippen molar-refractivity contribution in [1.82, 2.24) is 14.9 Å². The molecule has 4 nitrogen and oxygen atoms in total. The summed E-state index contributed by atoms with van der Waals surface area (Å²) in [7, 11) is 0. The number of likely N-dealkylation sites (tertiary alicyclic amines) is 1. The monoisotopic (exact) mass is 372 g/mol. The predicted molar refractivity (Wildman–Crippen MR) is 105 cm³/mol. The number of aromatic nitrogens is 2. The Balaban J connectivity index is 0.00000182. The van der Waals surface area contributed by atoms with Gasteiger partial charge in [0.15, 0.2) is 0 Å². The Bertz CT molecular complexity index is 793. The number of pyridine rings is 1. The third kappa shape index (κ3) is 4.07. The molecular weight excluding hydrogens is 352 g/mol. The maximum atomic E-state index is 6.39. The third-order valence-corrected chi connectivity index (χ3v) is 5.49. The highest BCUT2D eigenvalue weighted by molar-refractivity contribution is 7.14. The zero-order valence-electron chi connectivity index (χ0n) is 13.8. The topological polar surface area (TPSA) is 55.0 Å². The Hall–Kier alpha value is -1.79. The minimum Gasteiger partial charge on any atom is -0.326 e. The van der Waals surface area contributed by atoms with Crippen LogP contribution in [0.3, 0.4) is 0 Å². The van der Waals surface area contributed by atoms with Crippen LogP contribution in [0.25, 0.3) is 10.7 Å². The molecule has 6 heteroatoms. The number of thiazole rings is 1. The molecule has 25 heavy (non-hydrogen) atoms. The molecule has 2 N–H and O–H groups in total. The van der Waals surface area contributed by atoms with Crippen LogP contribution in [0.2, 0.25) is 0 Å². The molecule has 1 aliphatic rings. The molecule has 3 heterocycles. The zero-order chi connectivity index (χ0) is 16.4. The van der Waals surface area contributed by atoms with Crippen molar-refractivity contribution in [3.8, 4) is 10.7 Å². The first-order valence-electron chi connectivity index (χ1n) is 8.18. The fourth-order valence-corrected chi connectivity index (χ4v) is 4.24. The summed E-state index contributed by atoms with van der Waals surface area (Å²) in [4.78, 5) is 12.6. The van der Waals surface area contributed by atoms with E-state index in [4.69, 9.17) is 5.73 Å². The van der Waals surface area contributed by atoms with E-state index < -0.39 is 0 Å². The van der Waals surface area contributed by atoms with E-state index in [0.717, 1.165) is 30.3 Å². The molecule has 4 rings (SSSR count). The summed E-state index contributed by atoms with van der Waals surface area (Å²) in [5.74, 6) is 0.411. The molecule has 0 unspecified atom stereocenters. The Morgan fingerprint density at radius 3 is 2.60 bits per heavy atom. The van der Waals surface area contributed by atoms with Crippen LogP contribution in [0.15, 0.2) is 60.9 Å². The van der Waals surface area contributed by atoms with Crippen molar-refractivity contribution < 1.29 is 0 Å². The van der Waals surface area contributed by atoms with E-state index in [1.807, 2.05) is 24.4 Å². The van der Waals surface area contributed by atoms with Crippen LogP contribution in [0.1, 0.15) is 16.4 Å². The molecule has 130 valence electrons. The minimum absolute atomic E-state index is 0. The Labute approximate surface area is 158 Å². The second-order valence-electron chi connectivity index (χ2n) is 6.22. The maximum Gasteiger partial charge on any atom is 0.142 e. The van der Waals surface area contributed by atoms with E-state index in [1.54, 1.807) is 17.5 Å². The quantitative estimate of drug-likeness (QED) is 0.760. The molecule has 0 radical (unpaired) electrons. The zero-order valence-corrected chi connectivity index (χ0v) is 15.4. The molecular formula is C19H21ClN4S. The predicted octanol–water partition coefficient (Wildman–Crippen LogP) is 3.55. The summed E-state index contributed by atoms with van der Waals surface area (Å²) >= 11 is 1.71. The lowest BCUT2D eigenvalue weighted by Crippen LogP contribution is -2.28. The highest BCUT2D eigenvalue weighted by atomic mass is 35.5. The van der Waals surface area contributed by atoms with Gasteiger partial charge in [0.2, 0.25) is 0 Å². The molecule has 1 fully saturated rings. The summed E-state index contributed by atoms with van der Waals surface area (Å²) in [6.07, 6.45) is 3.77.